The molecule has 1 aromatic rings. The van der Waals surface area contributed by atoms with Crippen LogP contribution in [0.15, 0.2) is 29.3 Å². The van der Waals surface area contributed by atoms with Gasteiger partial charge in [0.2, 0.25) is 0 Å². The Labute approximate surface area is 163 Å². The van der Waals surface area contributed by atoms with Gasteiger partial charge in [-0.25, -0.2) is 0 Å². The molecule has 0 aliphatic rings. The number of aliphatic imine (C=N–C) groups is 1. The molecule has 0 spiro atoms. The molecule has 8 heteroatoms. The minimum atomic E-state index is -1.33. The fraction of sp³-hybridized carbons (Fsp3) is 0.400. The molecule has 0 aliphatic carbocycles. The van der Waals surface area contributed by atoms with Gasteiger partial charge in [0, 0.05) is 7.05 Å². The molecule has 0 aromatic heterocycles. The van der Waals surface area contributed by atoms with Gasteiger partial charge < -0.3 is 27.4 Å². The number of nitrogens with zero attached hydrogens (tertiary/aromatic N) is 1. The van der Waals surface area contributed by atoms with Crippen LogP contribution in [0.3, 0.4) is 0 Å². The molecule has 0 fully saturated rings. The molecule has 0 unspecified atom stereocenters. The molecule has 0 aliphatic heterocycles. The Morgan fingerprint density at radius 3 is 2.17 bits per heavy atom. The minimum Gasteiger partial charge on any atom is -0.763 e. The zero-order valence-corrected chi connectivity index (χ0v) is 16.6. The zero-order chi connectivity index (χ0) is 16.5. The number of esters is 2. The first-order valence-electron chi connectivity index (χ1n) is 6.90. The van der Waals surface area contributed by atoms with Gasteiger partial charge in [0.15, 0.2) is 5.92 Å². The molecule has 0 saturated heterocycles. The molecule has 1 rings (SSSR count). The SMILES string of the molecule is CCOC(=O)C(C(=O)OCC)C([S-])=Nc1ccccc1NC.[Na+]. The van der Waals surface area contributed by atoms with Crippen LogP contribution in [0.1, 0.15) is 13.8 Å². The van der Waals surface area contributed by atoms with E-state index in [0.717, 1.165) is 5.69 Å². The number of anilines is 1. The fourth-order valence-corrected chi connectivity index (χ4v) is 2.01. The molecule has 6 nitrogen and oxygen atoms in total. The van der Waals surface area contributed by atoms with Gasteiger partial charge in [-0.05, 0) is 26.0 Å². The molecule has 0 saturated carbocycles. The van der Waals surface area contributed by atoms with Crippen molar-refractivity contribution in [2.75, 3.05) is 25.6 Å². The van der Waals surface area contributed by atoms with Crippen LogP contribution in [-0.2, 0) is 31.7 Å². The Morgan fingerprint density at radius 1 is 1.17 bits per heavy atom. The Kier molecular flexibility index (Phi) is 10.8. The Morgan fingerprint density at radius 2 is 1.70 bits per heavy atom. The van der Waals surface area contributed by atoms with Crippen LogP contribution in [0.2, 0.25) is 0 Å². The van der Waals surface area contributed by atoms with E-state index in [4.69, 9.17) is 22.1 Å². The maximum Gasteiger partial charge on any atom is 1.00 e. The Balaban J connectivity index is 0.00000484. The van der Waals surface area contributed by atoms with Crippen molar-refractivity contribution in [1.82, 2.24) is 0 Å². The number of nitrogens with one attached hydrogen (secondary N) is 1. The van der Waals surface area contributed by atoms with Crippen LogP contribution in [-0.4, -0.2) is 37.2 Å². The number of carbonyl (C=O) groups excluding carboxylic acids is 2. The molecule has 0 radical (unpaired) electrons. The first-order valence-corrected chi connectivity index (χ1v) is 7.31. The van der Waals surface area contributed by atoms with Gasteiger partial charge in [-0.15, -0.1) is 0 Å². The summed E-state index contributed by atoms with van der Waals surface area (Å²) in [5.74, 6) is -2.84. The maximum atomic E-state index is 12.0. The van der Waals surface area contributed by atoms with Crippen molar-refractivity contribution in [1.29, 1.82) is 0 Å². The third kappa shape index (κ3) is 6.47. The van der Waals surface area contributed by atoms with Gasteiger partial charge in [-0.2, -0.15) is 0 Å². The number of para-hydroxylation sites is 2. The summed E-state index contributed by atoms with van der Waals surface area (Å²) in [7, 11) is 1.74. The third-order valence-corrected chi connectivity index (χ3v) is 3.02. The molecule has 0 heterocycles. The molecular formula is C15H19N2NaO4S. The summed E-state index contributed by atoms with van der Waals surface area (Å²) in [5.41, 5.74) is 1.27. The summed E-state index contributed by atoms with van der Waals surface area (Å²) < 4.78 is 9.77. The van der Waals surface area contributed by atoms with E-state index < -0.39 is 17.9 Å². The molecule has 1 aromatic carbocycles. The van der Waals surface area contributed by atoms with E-state index in [1.165, 1.54) is 0 Å². The Hall–Kier alpha value is -1.15. The van der Waals surface area contributed by atoms with Crippen LogP contribution < -0.4 is 34.9 Å². The predicted octanol–water partition coefficient (Wildman–Crippen LogP) is -0.948. The largest absolute Gasteiger partial charge is 1.00 e. The smallest absolute Gasteiger partial charge is 0.763 e. The zero-order valence-electron chi connectivity index (χ0n) is 13.8. The molecule has 23 heavy (non-hydrogen) atoms. The number of rotatable bonds is 7. The summed E-state index contributed by atoms with van der Waals surface area (Å²) in [5, 5.41) is 2.88. The predicted molar refractivity (Wildman–Crippen MR) is 87.2 cm³/mol. The Bertz CT molecular complexity index is 548. The monoisotopic (exact) mass is 346 g/mol. The number of ether oxygens (including phenoxy) is 2. The first kappa shape index (κ1) is 21.9. The van der Waals surface area contributed by atoms with Gasteiger partial charge >= 0.3 is 41.5 Å². The van der Waals surface area contributed by atoms with Gasteiger partial charge in [-0.3, -0.25) is 14.6 Å². The van der Waals surface area contributed by atoms with E-state index in [2.05, 4.69) is 10.3 Å². The van der Waals surface area contributed by atoms with Crippen LogP contribution in [0, 0.1) is 5.92 Å². The molecule has 0 amide bonds. The molecule has 1 N–H and O–H groups in total. The first-order chi connectivity index (χ1) is 10.5. The van der Waals surface area contributed by atoms with Gasteiger partial charge in [0.1, 0.15) is 0 Å². The van der Waals surface area contributed by atoms with Crippen LogP contribution in [0.25, 0.3) is 0 Å². The van der Waals surface area contributed by atoms with Crippen LogP contribution >= 0.6 is 0 Å². The van der Waals surface area contributed by atoms with Crippen LogP contribution in [0.5, 0.6) is 0 Å². The van der Waals surface area contributed by atoms with Crippen molar-refractivity contribution < 1.29 is 48.6 Å². The second-order valence-corrected chi connectivity index (χ2v) is 4.57. The van der Waals surface area contributed by atoms with E-state index in [-0.39, 0.29) is 47.8 Å². The summed E-state index contributed by atoms with van der Waals surface area (Å²) in [4.78, 5) is 28.1. The fourth-order valence-electron chi connectivity index (χ4n) is 1.71. The van der Waals surface area contributed by atoms with Crippen molar-refractivity contribution in [3.63, 3.8) is 0 Å². The maximum absolute atomic E-state index is 12.0. The van der Waals surface area contributed by atoms with Crippen molar-refractivity contribution in [2.24, 2.45) is 10.9 Å². The van der Waals surface area contributed by atoms with E-state index >= 15 is 0 Å². The van der Waals surface area contributed by atoms with E-state index in [1.54, 1.807) is 33.0 Å². The second-order valence-electron chi connectivity index (χ2n) is 4.15. The standard InChI is InChI=1S/C15H20N2O4S.Na/c1-4-20-14(18)12(15(19)21-5-2)13(22)17-11-9-7-6-8-10(11)16-3;/h6-9,12,16H,4-5H2,1-3H3,(H,17,22);/q;+1/p-1. The van der Waals surface area contributed by atoms with E-state index in [9.17, 15) is 9.59 Å². The summed E-state index contributed by atoms with van der Waals surface area (Å²) >= 11 is 5.15. The minimum absolute atomic E-state index is 0. The van der Waals surface area contributed by atoms with Crippen molar-refractivity contribution in [3.05, 3.63) is 24.3 Å². The van der Waals surface area contributed by atoms with Crippen LogP contribution in [0.4, 0.5) is 11.4 Å². The number of benzene rings is 1. The average Bonchev–Trinajstić information content (AvgIpc) is 2.48. The summed E-state index contributed by atoms with van der Waals surface area (Å²) in [6, 6.07) is 7.16. The molecule has 0 atom stereocenters. The quantitative estimate of drug-likeness (QED) is 0.171. The van der Waals surface area contributed by atoms with Crippen molar-refractivity contribution in [3.8, 4) is 0 Å². The van der Waals surface area contributed by atoms with Crippen molar-refractivity contribution >= 4 is 41.0 Å². The molecule has 0 bridgehead atoms. The van der Waals surface area contributed by atoms with Gasteiger partial charge in [0.25, 0.3) is 0 Å². The number of carbonyl (C=O) groups is 2. The number of hydrogen-bond acceptors (Lipinski definition) is 7. The van der Waals surface area contributed by atoms with E-state index in [1.807, 2.05) is 12.1 Å². The average molecular weight is 346 g/mol. The number of hydrogen-bond donors (Lipinski definition) is 1. The second kappa shape index (κ2) is 11.4. The summed E-state index contributed by atoms with van der Waals surface area (Å²) in [6.45, 7) is 3.59. The third-order valence-electron chi connectivity index (χ3n) is 2.70. The van der Waals surface area contributed by atoms with E-state index in [0.29, 0.717) is 5.69 Å². The summed E-state index contributed by atoms with van der Waals surface area (Å²) in [6.07, 6.45) is 0. The normalized spacial score (nSPS) is 10.7. The molecule has 120 valence electrons. The topological polar surface area (TPSA) is 77.0 Å². The van der Waals surface area contributed by atoms with Gasteiger partial charge in [0.05, 0.1) is 24.6 Å². The van der Waals surface area contributed by atoms with Gasteiger partial charge in [-0.1, -0.05) is 17.2 Å². The van der Waals surface area contributed by atoms with Crippen molar-refractivity contribution in [2.45, 2.75) is 13.8 Å². The molecular weight excluding hydrogens is 327 g/mol.